The minimum Gasteiger partial charge on any atom is -0.466 e. The molecule has 0 atom stereocenters. The fourth-order valence-electron chi connectivity index (χ4n) is 1.84. The van der Waals surface area contributed by atoms with Crippen molar-refractivity contribution in [2.75, 3.05) is 7.11 Å². The standard InChI is InChI=1S/C17H16.C5H8O2/c1-15(17-13-6-3-7-14-17)9-8-12-16-10-4-2-5-11-16;1-4(2)5(6)7-3/h2-14H,1H3;1H2,2-3H3. The van der Waals surface area contributed by atoms with E-state index >= 15 is 0 Å². The van der Waals surface area contributed by atoms with Crippen LogP contribution in [0.25, 0.3) is 11.6 Å². The van der Waals surface area contributed by atoms with Crippen LogP contribution in [0, 0.1) is 0 Å². The van der Waals surface area contributed by atoms with Crippen LogP contribution in [0.15, 0.2) is 85.0 Å². The molecular formula is C22H24O2. The molecule has 24 heavy (non-hydrogen) atoms. The molecule has 2 aromatic carbocycles. The van der Waals surface area contributed by atoms with Gasteiger partial charge in [0.1, 0.15) is 0 Å². The van der Waals surface area contributed by atoms with E-state index in [0.717, 1.165) is 0 Å². The number of hydrogen-bond acceptors (Lipinski definition) is 2. The van der Waals surface area contributed by atoms with Crippen LogP contribution in [0.5, 0.6) is 0 Å². The highest BCUT2D eigenvalue weighted by atomic mass is 16.5. The number of methoxy groups -OCH3 is 1. The summed E-state index contributed by atoms with van der Waals surface area (Å²) in [6.07, 6.45) is 6.35. The van der Waals surface area contributed by atoms with Gasteiger partial charge in [-0.3, -0.25) is 0 Å². The largest absolute Gasteiger partial charge is 0.466 e. The maximum absolute atomic E-state index is 10.2. The van der Waals surface area contributed by atoms with Crippen LogP contribution < -0.4 is 0 Å². The first kappa shape index (κ1) is 19.2. The maximum atomic E-state index is 10.2. The van der Waals surface area contributed by atoms with Crippen molar-refractivity contribution in [3.63, 3.8) is 0 Å². The molecule has 0 aliphatic heterocycles. The number of ether oxygens (including phenoxy) is 1. The summed E-state index contributed by atoms with van der Waals surface area (Å²) in [7, 11) is 1.33. The second kappa shape index (κ2) is 10.8. The number of rotatable bonds is 4. The molecule has 2 aromatic rings. The molecule has 0 N–H and O–H groups in total. The van der Waals surface area contributed by atoms with Crippen molar-refractivity contribution < 1.29 is 9.53 Å². The highest BCUT2D eigenvalue weighted by Crippen LogP contribution is 2.13. The fraction of sp³-hybridized carbons (Fsp3) is 0.136. The van der Waals surface area contributed by atoms with Gasteiger partial charge in [0.15, 0.2) is 0 Å². The summed E-state index contributed by atoms with van der Waals surface area (Å²) in [6.45, 7) is 7.08. The zero-order valence-corrected chi connectivity index (χ0v) is 14.5. The lowest BCUT2D eigenvalue weighted by molar-refractivity contribution is -0.136. The van der Waals surface area contributed by atoms with Crippen molar-refractivity contribution in [1.82, 2.24) is 0 Å². The molecule has 2 heteroatoms. The molecule has 0 saturated heterocycles. The van der Waals surface area contributed by atoms with Gasteiger partial charge in [0, 0.05) is 5.57 Å². The highest BCUT2D eigenvalue weighted by molar-refractivity contribution is 5.86. The Labute approximate surface area is 144 Å². The van der Waals surface area contributed by atoms with E-state index in [0.29, 0.717) is 5.57 Å². The first-order chi connectivity index (χ1) is 11.5. The van der Waals surface area contributed by atoms with Crippen LogP contribution in [-0.2, 0) is 9.53 Å². The number of allylic oxidation sites excluding steroid dienone is 3. The van der Waals surface area contributed by atoms with Gasteiger partial charge in [-0.05, 0) is 30.5 Å². The van der Waals surface area contributed by atoms with E-state index in [-0.39, 0.29) is 5.97 Å². The Morgan fingerprint density at radius 2 is 1.50 bits per heavy atom. The van der Waals surface area contributed by atoms with E-state index in [4.69, 9.17) is 0 Å². The molecule has 0 fully saturated rings. The van der Waals surface area contributed by atoms with Crippen LogP contribution in [0.4, 0.5) is 0 Å². The first-order valence-corrected chi connectivity index (χ1v) is 7.74. The zero-order valence-electron chi connectivity index (χ0n) is 14.5. The van der Waals surface area contributed by atoms with Crippen LogP contribution in [-0.4, -0.2) is 13.1 Å². The van der Waals surface area contributed by atoms with Crippen molar-refractivity contribution in [2.45, 2.75) is 13.8 Å². The third-order valence-corrected chi connectivity index (χ3v) is 3.20. The summed E-state index contributed by atoms with van der Waals surface area (Å²) in [5.41, 5.74) is 4.20. The molecule has 0 aromatic heterocycles. The van der Waals surface area contributed by atoms with Gasteiger partial charge >= 0.3 is 5.97 Å². The predicted octanol–water partition coefficient (Wildman–Crippen LogP) is 5.54. The molecule has 0 amide bonds. The Balaban J connectivity index is 0.000000351. The summed E-state index contributed by atoms with van der Waals surface area (Å²) >= 11 is 0. The minimum absolute atomic E-state index is 0.347. The molecule has 0 aliphatic carbocycles. The van der Waals surface area contributed by atoms with Crippen LogP contribution in [0.3, 0.4) is 0 Å². The topological polar surface area (TPSA) is 26.3 Å². The second-order valence-corrected chi connectivity index (χ2v) is 5.26. The number of esters is 1. The Morgan fingerprint density at radius 1 is 0.958 bits per heavy atom. The van der Waals surface area contributed by atoms with Gasteiger partial charge in [-0.2, -0.15) is 0 Å². The number of carbonyl (C=O) groups is 1. The lowest BCUT2D eigenvalue weighted by atomic mass is 10.1. The maximum Gasteiger partial charge on any atom is 0.332 e. The third kappa shape index (κ3) is 7.41. The molecule has 0 saturated carbocycles. The second-order valence-electron chi connectivity index (χ2n) is 5.26. The predicted molar refractivity (Wildman–Crippen MR) is 102 cm³/mol. The highest BCUT2D eigenvalue weighted by Gasteiger charge is 1.95. The number of benzene rings is 2. The van der Waals surface area contributed by atoms with E-state index in [1.165, 1.54) is 23.8 Å². The number of carbonyl (C=O) groups excluding carboxylic acids is 1. The summed E-state index contributed by atoms with van der Waals surface area (Å²) in [5.74, 6) is -0.347. The van der Waals surface area contributed by atoms with Gasteiger partial charge in [0.2, 0.25) is 0 Å². The molecule has 2 rings (SSSR count). The van der Waals surface area contributed by atoms with Gasteiger partial charge in [-0.25, -0.2) is 4.79 Å². The molecule has 0 aliphatic rings. The van der Waals surface area contributed by atoms with Crippen LogP contribution >= 0.6 is 0 Å². The smallest absolute Gasteiger partial charge is 0.332 e. The molecule has 0 radical (unpaired) electrons. The molecule has 0 heterocycles. The van der Waals surface area contributed by atoms with Crippen LogP contribution in [0.2, 0.25) is 0 Å². The van der Waals surface area contributed by atoms with Crippen molar-refractivity contribution >= 4 is 17.6 Å². The quantitative estimate of drug-likeness (QED) is 0.420. The van der Waals surface area contributed by atoms with Gasteiger partial charge in [-0.15, -0.1) is 0 Å². The Kier molecular flexibility index (Phi) is 8.62. The molecule has 0 unspecified atom stereocenters. The summed E-state index contributed by atoms with van der Waals surface area (Å²) < 4.78 is 4.27. The van der Waals surface area contributed by atoms with Gasteiger partial charge in [0.25, 0.3) is 0 Å². The monoisotopic (exact) mass is 320 g/mol. The Morgan fingerprint density at radius 3 is 1.96 bits per heavy atom. The Bertz CT molecular complexity index is 695. The molecule has 2 nitrogen and oxygen atoms in total. The summed E-state index contributed by atoms with van der Waals surface area (Å²) in [5, 5.41) is 0. The SMILES string of the molecule is C=C(C)C(=O)OC.CC(=CC=Cc1ccccc1)c1ccccc1. The van der Waals surface area contributed by atoms with Gasteiger partial charge < -0.3 is 4.74 Å². The van der Waals surface area contributed by atoms with Gasteiger partial charge in [-0.1, -0.05) is 85.5 Å². The van der Waals surface area contributed by atoms with Crippen molar-refractivity contribution in [2.24, 2.45) is 0 Å². The third-order valence-electron chi connectivity index (χ3n) is 3.20. The van der Waals surface area contributed by atoms with Crippen molar-refractivity contribution in [1.29, 1.82) is 0 Å². The lowest BCUT2D eigenvalue weighted by Gasteiger charge is -1.98. The van der Waals surface area contributed by atoms with E-state index in [1.54, 1.807) is 6.92 Å². The lowest BCUT2D eigenvalue weighted by Crippen LogP contribution is -1.98. The Hall–Kier alpha value is -2.87. The van der Waals surface area contributed by atoms with E-state index in [9.17, 15) is 4.79 Å². The van der Waals surface area contributed by atoms with E-state index < -0.39 is 0 Å². The van der Waals surface area contributed by atoms with E-state index in [1.807, 2.05) is 24.3 Å². The van der Waals surface area contributed by atoms with Crippen LogP contribution in [0.1, 0.15) is 25.0 Å². The molecule has 0 spiro atoms. The average Bonchev–Trinajstić information content (AvgIpc) is 2.63. The number of hydrogen-bond donors (Lipinski definition) is 0. The normalized spacial score (nSPS) is 10.7. The summed E-state index contributed by atoms with van der Waals surface area (Å²) in [6, 6.07) is 20.7. The van der Waals surface area contributed by atoms with Crippen molar-refractivity contribution in [3.05, 3.63) is 96.1 Å². The minimum atomic E-state index is -0.347. The average molecular weight is 320 g/mol. The van der Waals surface area contributed by atoms with E-state index in [2.05, 4.69) is 72.9 Å². The fourth-order valence-corrected chi connectivity index (χ4v) is 1.84. The first-order valence-electron chi connectivity index (χ1n) is 7.74. The van der Waals surface area contributed by atoms with Gasteiger partial charge in [0.05, 0.1) is 7.11 Å². The van der Waals surface area contributed by atoms with Crippen molar-refractivity contribution in [3.8, 4) is 0 Å². The molecule has 0 bridgehead atoms. The molecular weight excluding hydrogens is 296 g/mol. The molecule has 124 valence electrons. The zero-order chi connectivity index (χ0) is 17.8. The summed E-state index contributed by atoms with van der Waals surface area (Å²) in [4.78, 5) is 10.2.